The van der Waals surface area contributed by atoms with Crippen molar-refractivity contribution in [1.82, 2.24) is 10.2 Å². The summed E-state index contributed by atoms with van der Waals surface area (Å²) in [5.41, 5.74) is 0.900. The molecule has 2 atom stereocenters. The summed E-state index contributed by atoms with van der Waals surface area (Å²) in [6.07, 6.45) is 7.15. The van der Waals surface area contributed by atoms with E-state index in [0.717, 1.165) is 17.9 Å². The molecule has 2 unspecified atom stereocenters. The van der Waals surface area contributed by atoms with Crippen molar-refractivity contribution in [3.63, 3.8) is 0 Å². The van der Waals surface area contributed by atoms with Crippen LogP contribution < -0.4 is 5.32 Å². The number of piperazine rings is 1. The maximum Gasteiger partial charge on any atom is 0.0309 e. The maximum absolute atomic E-state index is 3.90. The minimum Gasteiger partial charge on any atom is -0.308 e. The molecule has 0 amide bonds. The number of rotatable bonds is 3. The van der Waals surface area contributed by atoms with Crippen molar-refractivity contribution in [2.45, 2.75) is 76.9 Å². The van der Waals surface area contributed by atoms with E-state index in [0.29, 0.717) is 11.1 Å². The molecule has 2 nitrogen and oxygen atoms in total. The minimum absolute atomic E-state index is 0.393. The van der Waals surface area contributed by atoms with Crippen molar-refractivity contribution < 1.29 is 0 Å². The summed E-state index contributed by atoms with van der Waals surface area (Å²) in [7, 11) is 0. The van der Waals surface area contributed by atoms with Gasteiger partial charge in [0.2, 0.25) is 0 Å². The highest BCUT2D eigenvalue weighted by Crippen LogP contribution is 2.46. The van der Waals surface area contributed by atoms with Crippen LogP contribution in [0.5, 0.6) is 0 Å². The Kier molecular flexibility index (Phi) is 3.02. The lowest BCUT2D eigenvalue weighted by atomic mass is 9.73. The molecule has 3 rings (SSSR count). The van der Waals surface area contributed by atoms with E-state index in [2.05, 4.69) is 37.9 Å². The lowest BCUT2D eigenvalue weighted by Gasteiger charge is -2.58. The quantitative estimate of drug-likeness (QED) is 0.828. The van der Waals surface area contributed by atoms with Gasteiger partial charge in [0.1, 0.15) is 0 Å². The molecule has 0 bridgehead atoms. The first-order chi connectivity index (χ1) is 8.45. The third-order valence-electron chi connectivity index (χ3n) is 5.99. The molecule has 1 saturated heterocycles. The Morgan fingerprint density at radius 2 is 1.83 bits per heavy atom. The molecule has 0 aromatic carbocycles. The summed E-state index contributed by atoms with van der Waals surface area (Å²) < 4.78 is 0. The molecule has 104 valence electrons. The molecule has 0 aromatic heterocycles. The second kappa shape index (κ2) is 4.21. The Labute approximate surface area is 113 Å². The van der Waals surface area contributed by atoms with Crippen LogP contribution in [0.1, 0.15) is 59.8 Å². The molecule has 1 aliphatic heterocycles. The van der Waals surface area contributed by atoms with Crippen molar-refractivity contribution in [3.05, 3.63) is 0 Å². The zero-order valence-electron chi connectivity index (χ0n) is 12.6. The van der Waals surface area contributed by atoms with Gasteiger partial charge in [0.05, 0.1) is 0 Å². The van der Waals surface area contributed by atoms with E-state index in [1.54, 1.807) is 0 Å². The molecule has 3 fully saturated rings. The van der Waals surface area contributed by atoms with E-state index in [9.17, 15) is 0 Å². The van der Waals surface area contributed by atoms with Crippen molar-refractivity contribution in [2.24, 2.45) is 11.8 Å². The second-order valence-corrected chi connectivity index (χ2v) is 7.86. The third-order valence-corrected chi connectivity index (χ3v) is 5.99. The van der Waals surface area contributed by atoms with Crippen LogP contribution in [0.25, 0.3) is 0 Å². The molecule has 0 spiro atoms. The van der Waals surface area contributed by atoms with E-state index in [-0.39, 0.29) is 0 Å². The fraction of sp³-hybridized carbons (Fsp3) is 1.00. The zero-order chi connectivity index (χ0) is 13.0. The Morgan fingerprint density at radius 1 is 1.17 bits per heavy atom. The van der Waals surface area contributed by atoms with Gasteiger partial charge in [-0.1, -0.05) is 13.8 Å². The van der Waals surface area contributed by atoms with Gasteiger partial charge in [0, 0.05) is 30.2 Å². The van der Waals surface area contributed by atoms with Crippen molar-refractivity contribution in [2.75, 3.05) is 13.1 Å². The van der Waals surface area contributed by atoms with E-state index in [1.807, 2.05) is 0 Å². The average Bonchev–Trinajstić information content (AvgIpc) is 3.09. The molecule has 2 aliphatic carbocycles. The molecule has 2 saturated carbocycles. The van der Waals surface area contributed by atoms with E-state index in [4.69, 9.17) is 0 Å². The number of hydrogen-bond acceptors (Lipinski definition) is 2. The summed E-state index contributed by atoms with van der Waals surface area (Å²) in [6.45, 7) is 12.2. The van der Waals surface area contributed by atoms with Crippen LogP contribution in [0.4, 0.5) is 0 Å². The highest BCUT2D eigenvalue weighted by molar-refractivity contribution is 5.09. The summed E-state index contributed by atoms with van der Waals surface area (Å²) >= 11 is 0. The molecule has 0 aromatic rings. The first kappa shape index (κ1) is 12.9. The van der Waals surface area contributed by atoms with Crippen molar-refractivity contribution in [3.8, 4) is 0 Å². The van der Waals surface area contributed by atoms with Crippen LogP contribution >= 0.6 is 0 Å². The first-order valence-electron chi connectivity index (χ1n) is 7.96. The average molecular weight is 250 g/mol. The lowest BCUT2D eigenvalue weighted by Crippen LogP contribution is -2.71. The molecule has 2 heteroatoms. The smallest absolute Gasteiger partial charge is 0.0309 e. The fourth-order valence-corrected chi connectivity index (χ4v) is 4.13. The highest BCUT2D eigenvalue weighted by atomic mass is 15.3. The first-order valence-corrected chi connectivity index (χ1v) is 7.96. The van der Waals surface area contributed by atoms with E-state index >= 15 is 0 Å². The predicted molar refractivity (Wildman–Crippen MR) is 76.7 cm³/mol. The van der Waals surface area contributed by atoms with Gasteiger partial charge in [-0.15, -0.1) is 0 Å². The van der Waals surface area contributed by atoms with Gasteiger partial charge < -0.3 is 5.32 Å². The van der Waals surface area contributed by atoms with Crippen LogP contribution in [0, 0.1) is 11.8 Å². The van der Waals surface area contributed by atoms with Crippen molar-refractivity contribution >= 4 is 0 Å². The molecule has 0 radical (unpaired) electrons. The maximum atomic E-state index is 3.90. The SMILES string of the molecule is CC(C)C1CNC(C)(C2CC2)CN1C1(C)CCC1. The number of nitrogens with one attached hydrogen (secondary N) is 1. The molecule has 1 heterocycles. The Balaban J connectivity index is 1.79. The van der Waals surface area contributed by atoms with Crippen LogP contribution in [0.3, 0.4) is 0 Å². The normalized spacial score (nSPS) is 40.8. The minimum atomic E-state index is 0.393. The summed E-state index contributed by atoms with van der Waals surface area (Å²) in [4.78, 5) is 2.88. The summed E-state index contributed by atoms with van der Waals surface area (Å²) in [5, 5.41) is 3.90. The topological polar surface area (TPSA) is 15.3 Å². The Bertz CT molecular complexity index is 317. The highest BCUT2D eigenvalue weighted by Gasteiger charge is 2.51. The summed E-state index contributed by atoms with van der Waals surface area (Å²) in [5.74, 6) is 1.70. The van der Waals surface area contributed by atoms with Crippen LogP contribution in [-0.2, 0) is 0 Å². The van der Waals surface area contributed by atoms with Crippen molar-refractivity contribution in [1.29, 1.82) is 0 Å². The van der Waals surface area contributed by atoms with Crippen LogP contribution in [-0.4, -0.2) is 35.1 Å². The number of nitrogens with zero attached hydrogens (tertiary/aromatic N) is 1. The zero-order valence-corrected chi connectivity index (χ0v) is 12.6. The molecule has 18 heavy (non-hydrogen) atoms. The standard InChI is InChI=1S/C16H30N2/c1-12(2)14-10-17-16(4,13-6-7-13)11-18(14)15(3)8-5-9-15/h12-14,17H,5-11H2,1-4H3. The van der Waals surface area contributed by atoms with Gasteiger partial charge in [-0.25, -0.2) is 0 Å². The molecular weight excluding hydrogens is 220 g/mol. The van der Waals surface area contributed by atoms with Gasteiger partial charge >= 0.3 is 0 Å². The van der Waals surface area contributed by atoms with E-state index < -0.39 is 0 Å². The molecular formula is C16H30N2. The Morgan fingerprint density at radius 3 is 2.28 bits per heavy atom. The van der Waals surface area contributed by atoms with Gasteiger partial charge in [-0.2, -0.15) is 0 Å². The third kappa shape index (κ3) is 2.02. The van der Waals surface area contributed by atoms with Gasteiger partial charge in [0.15, 0.2) is 0 Å². The predicted octanol–water partition coefficient (Wildman–Crippen LogP) is 3.03. The van der Waals surface area contributed by atoms with Gasteiger partial charge in [0.25, 0.3) is 0 Å². The van der Waals surface area contributed by atoms with Crippen LogP contribution in [0.15, 0.2) is 0 Å². The Hall–Kier alpha value is -0.0800. The van der Waals surface area contributed by atoms with E-state index in [1.165, 1.54) is 45.2 Å². The largest absolute Gasteiger partial charge is 0.308 e. The summed E-state index contributed by atoms with van der Waals surface area (Å²) in [6, 6.07) is 0.738. The van der Waals surface area contributed by atoms with Crippen LogP contribution in [0.2, 0.25) is 0 Å². The molecule has 1 N–H and O–H groups in total. The monoisotopic (exact) mass is 250 g/mol. The number of hydrogen-bond donors (Lipinski definition) is 1. The fourth-order valence-electron chi connectivity index (χ4n) is 4.13. The molecule has 3 aliphatic rings. The lowest BCUT2D eigenvalue weighted by molar-refractivity contribution is -0.0634. The van der Waals surface area contributed by atoms with Gasteiger partial charge in [-0.3, -0.25) is 4.90 Å². The van der Waals surface area contributed by atoms with Gasteiger partial charge in [-0.05, 0) is 57.8 Å². The second-order valence-electron chi connectivity index (χ2n) is 7.86.